The maximum Gasteiger partial charge on any atom is 0.221 e. The average molecular weight is 267 g/mol. The summed E-state index contributed by atoms with van der Waals surface area (Å²) in [6.45, 7) is 1.50. The summed E-state index contributed by atoms with van der Waals surface area (Å²) >= 11 is 0. The van der Waals surface area contributed by atoms with Crippen LogP contribution in [0.2, 0.25) is 0 Å². The van der Waals surface area contributed by atoms with Gasteiger partial charge in [-0.15, -0.1) is 0 Å². The van der Waals surface area contributed by atoms with E-state index in [9.17, 15) is 4.79 Å². The van der Waals surface area contributed by atoms with Gasteiger partial charge in [0.1, 0.15) is 5.75 Å². The zero-order chi connectivity index (χ0) is 14.4. The molecule has 102 valence electrons. The molecule has 0 atom stereocenters. The second-order valence-electron chi connectivity index (χ2n) is 4.38. The molecule has 3 heteroatoms. The number of rotatable bonds is 4. The van der Waals surface area contributed by atoms with Gasteiger partial charge in [-0.1, -0.05) is 30.3 Å². The lowest BCUT2D eigenvalue weighted by Gasteiger charge is -2.09. The largest absolute Gasteiger partial charge is 0.497 e. The van der Waals surface area contributed by atoms with E-state index in [4.69, 9.17) is 4.74 Å². The van der Waals surface area contributed by atoms with Crippen molar-refractivity contribution in [3.8, 4) is 5.75 Å². The number of ether oxygens (including phenoxy) is 1. The van der Waals surface area contributed by atoms with E-state index in [0.29, 0.717) is 0 Å². The van der Waals surface area contributed by atoms with Crippen molar-refractivity contribution in [3.63, 3.8) is 0 Å². The number of carbonyl (C=O) groups is 1. The molecule has 1 amide bonds. The molecule has 0 aliphatic carbocycles. The number of hydrogen-bond acceptors (Lipinski definition) is 2. The average Bonchev–Trinajstić information content (AvgIpc) is 2.47. The first-order chi connectivity index (χ1) is 9.69. The van der Waals surface area contributed by atoms with Gasteiger partial charge >= 0.3 is 0 Å². The fourth-order valence-corrected chi connectivity index (χ4v) is 1.87. The van der Waals surface area contributed by atoms with Crippen molar-refractivity contribution >= 4 is 17.7 Å². The number of carbonyl (C=O) groups excluding carboxylic acids is 1. The maximum atomic E-state index is 11.4. The third-order valence-electron chi connectivity index (χ3n) is 2.82. The molecule has 2 aromatic carbocycles. The number of amides is 1. The van der Waals surface area contributed by atoms with Crippen molar-refractivity contribution < 1.29 is 9.53 Å². The third-order valence-corrected chi connectivity index (χ3v) is 2.82. The Morgan fingerprint density at radius 3 is 2.25 bits per heavy atom. The summed E-state index contributed by atoms with van der Waals surface area (Å²) in [5, 5.41) is 2.86. The van der Waals surface area contributed by atoms with Crippen molar-refractivity contribution in [2.45, 2.75) is 6.92 Å². The lowest BCUT2D eigenvalue weighted by atomic mass is 10.1. The highest BCUT2D eigenvalue weighted by molar-refractivity contribution is 5.91. The van der Waals surface area contributed by atoms with Crippen LogP contribution in [0.5, 0.6) is 5.75 Å². The molecular weight excluding hydrogens is 250 g/mol. The van der Waals surface area contributed by atoms with E-state index in [1.807, 2.05) is 60.7 Å². The van der Waals surface area contributed by atoms with E-state index >= 15 is 0 Å². The molecule has 0 fully saturated rings. The number of benzene rings is 2. The zero-order valence-electron chi connectivity index (χ0n) is 11.6. The first-order valence-electron chi connectivity index (χ1n) is 6.38. The molecule has 0 unspecified atom stereocenters. The van der Waals surface area contributed by atoms with Gasteiger partial charge in [0.05, 0.1) is 7.11 Å². The van der Waals surface area contributed by atoms with Gasteiger partial charge in [-0.2, -0.15) is 0 Å². The Bertz CT molecular complexity index is 601. The van der Waals surface area contributed by atoms with Crippen LogP contribution < -0.4 is 10.1 Å². The smallest absolute Gasteiger partial charge is 0.221 e. The molecular formula is C17H17NO2. The fraction of sp³-hybridized carbons (Fsp3) is 0.118. The summed E-state index contributed by atoms with van der Waals surface area (Å²) in [5.74, 6) is 0.693. The lowest BCUT2D eigenvalue weighted by Crippen LogP contribution is -2.17. The van der Waals surface area contributed by atoms with Gasteiger partial charge in [0.25, 0.3) is 0 Å². The molecule has 0 saturated carbocycles. The van der Waals surface area contributed by atoms with E-state index in [1.54, 1.807) is 7.11 Å². The Morgan fingerprint density at radius 2 is 1.70 bits per heavy atom. The van der Waals surface area contributed by atoms with Crippen LogP contribution in [0, 0.1) is 0 Å². The Morgan fingerprint density at radius 1 is 1.05 bits per heavy atom. The molecule has 0 spiro atoms. The minimum Gasteiger partial charge on any atom is -0.497 e. The molecule has 20 heavy (non-hydrogen) atoms. The molecule has 0 heterocycles. The Kier molecular flexibility index (Phi) is 4.56. The van der Waals surface area contributed by atoms with E-state index in [2.05, 4.69) is 5.32 Å². The first-order valence-corrected chi connectivity index (χ1v) is 6.38. The van der Waals surface area contributed by atoms with Gasteiger partial charge in [-0.05, 0) is 41.5 Å². The summed E-state index contributed by atoms with van der Waals surface area (Å²) in [7, 11) is 1.63. The van der Waals surface area contributed by atoms with Crippen LogP contribution >= 0.6 is 0 Å². The molecule has 0 bridgehead atoms. The monoisotopic (exact) mass is 267 g/mol. The maximum absolute atomic E-state index is 11.4. The highest BCUT2D eigenvalue weighted by Gasteiger charge is 2.04. The second kappa shape index (κ2) is 6.57. The summed E-state index contributed by atoms with van der Waals surface area (Å²) in [6.07, 6.45) is 1.95. The van der Waals surface area contributed by atoms with E-state index in [-0.39, 0.29) is 5.91 Å². The molecule has 3 nitrogen and oxygen atoms in total. The Balaban J connectivity index is 2.36. The molecule has 2 rings (SSSR count). The molecule has 2 aromatic rings. The molecule has 0 aromatic heterocycles. The van der Waals surface area contributed by atoms with Crippen LogP contribution in [0.1, 0.15) is 18.1 Å². The third kappa shape index (κ3) is 3.72. The van der Waals surface area contributed by atoms with Gasteiger partial charge in [-0.3, -0.25) is 4.79 Å². The van der Waals surface area contributed by atoms with Crippen LogP contribution in [0.3, 0.4) is 0 Å². The van der Waals surface area contributed by atoms with Crippen LogP contribution in [-0.4, -0.2) is 13.0 Å². The van der Waals surface area contributed by atoms with E-state index in [0.717, 1.165) is 22.6 Å². The molecule has 1 N–H and O–H groups in total. The van der Waals surface area contributed by atoms with Crippen LogP contribution in [0.15, 0.2) is 54.6 Å². The molecule has 0 saturated heterocycles. The Labute approximate surface area is 118 Å². The topological polar surface area (TPSA) is 38.3 Å². The highest BCUT2D eigenvalue weighted by atomic mass is 16.5. The van der Waals surface area contributed by atoms with E-state index < -0.39 is 0 Å². The SMILES string of the molecule is COc1ccc(C(=Cc2ccccc2)NC(C)=O)cc1. The van der Waals surface area contributed by atoms with Gasteiger partial charge in [-0.25, -0.2) is 0 Å². The number of nitrogens with one attached hydrogen (secondary N) is 1. The quantitative estimate of drug-likeness (QED) is 0.863. The first kappa shape index (κ1) is 13.9. The number of hydrogen-bond donors (Lipinski definition) is 1. The summed E-state index contributed by atoms with van der Waals surface area (Å²) in [6, 6.07) is 17.5. The van der Waals surface area contributed by atoms with Gasteiger partial charge in [0.15, 0.2) is 0 Å². The Hall–Kier alpha value is -2.55. The molecule has 0 radical (unpaired) electrons. The van der Waals surface area contributed by atoms with Crippen molar-refractivity contribution in [2.75, 3.05) is 7.11 Å². The van der Waals surface area contributed by atoms with E-state index in [1.165, 1.54) is 6.92 Å². The predicted molar refractivity (Wildman–Crippen MR) is 81.1 cm³/mol. The summed E-state index contributed by atoms with van der Waals surface area (Å²) in [5.41, 5.74) is 2.74. The minimum absolute atomic E-state index is 0.0944. The normalized spacial score (nSPS) is 11.0. The standard InChI is InChI=1S/C17H17NO2/c1-13(19)18-17(12-14-6-4-3-5-7-14)15-8-10-16(20-2)11-9-15/h3-12H,1-2H3,(H,18,19). The van der Waals surface area contributed by atoms with Gasteiger partial charge in [0.2, 0.25) is 5.91 Å². The minimum atomic E-state index is -0.0944. The highest BCUT2D eigenvalue weighted by Crippen LogP contribution is 2.19. The second-order valence-corrected chi connectivity index (χ2v) is 4.38. The fourth-order valence-electron chi connectivity index (χ4n) is 1.87. The molecule has 0 aliphatic heterocycles. The van der Waals surface area contributed by atoms with Crippen LogP contribution in [0.25, 0.3) is 11.8 Å². The summed E-state index contributed by atoms with van der Waals surface area (Å²) in [4.78, 5) is 11.4. The molecule has 0 aliphatic rings. The van der Waals surface area contributed by atoms with Gasteiger partial charge in [0, 0.05) is 12.6 Å². The predicted octanol–water partition coefficient (Wildman–Crippen LogP) is 3.33. The van der Waals surface area contributed by atoms with Gasteiger partial charge < -0.3 is 10.1 Å². The van der Waals surface area contributed by atoms with Crippen molar-refractivity contribution in [1.29, 1.82) is 0 Å². The summed E-state index contributed by atoms with van der Waals surface area (Å²) < 4.78 is 5.14. The zero-order valence-corrected chi connectivity index (χ0v) is 11.6. The number of methoxy groups -OCH3 is 1. The van der Waals surface area contributed by atoms with Crippen LogP contribution in [-0.2, 0) is 4.79 Å². The van der Waals surface area contributed by atoms with Crippen LogP contribution in [0.4, 0.5) is 0 Å². The van der Waals surface area contributed by atoms with Crippen molar-refractivity contribution in [2.24, 2.45) is 0 Å². The van der Waals surface area contributed by atoms with Crippen molar-refractivity contribution in [3.05, 3.63) is 65.7 Å². The lowest BCUT2D eigenvalue weighted by molar-refractivity contribution is -0.117. The van der Waals surface area contributed by atoms with Crippen molar-refractivity contribution in [1.82, 2.24) is 5.32 Å².